The monoisotopic (exact) mass is 364 g/mol. The highest BCUT2D eigenvalue weighted by atomic mass is 32.1. The van der Waals surface area contributed by atoms with Crippen molar-refractivity contribution in [1.29, 1.82) is 0 Å². The van der Waals surface area contributed by atoms with Gasteiger partial charge in [0.15, 0.2) is 4.96 Å². The third-order valence-electron chi connectivity index (χ3n) is 4.06. The largest absolute Gasteiger partial charge is 0.444 e. The number of carbonyl (C=O) groups excluding carboxylic acids is 2. The first-order valence-electron chi connectivity index (χ1n) is 8.45. The molecular weight excluding hydrogens is 340 g/mol. The lowest BCUT2D eigenvalue weighted by Gasteiger charge is -2.34. The first kappa shape index (κ1) is 17.7. The molecule has 0 spiro atoms. The molecule has 0 unspecified atom stereocenters. The van der Waals surface area contributed by atoms with E-state index in [0.717, 1.165) is 17.8 Å². The van der Waals surface area contributed by atoms with Crippen molar-refractivity contribution in [3.63, 3.8) is 0 Å². The molecule has 0 saturated carbocycles. The second kappa shape index (κ2) is 6.67. The number of rotatable bonds is 2. The van der Waals surface area contributed by atoms with Crippen LogP contribution in [0.4, 0.5) is 4.79 Å². The van der Waals surface area contributed by atoms with Crippen molar-refractivity contribution in [1.82, 2.24) is 19.6 Å². The quantitative estimate of drug-likeness (QED) is 0.889. The SMILES string of the molecule is Cc1nc2sccn2c1C(=O)N[C@@H]1CCCN(C(=O)OC(C)(C)C)C1. The lowest BCUT2D eigenvalue weighted by atomic mass is 10.1. The zero-order valence-corrected chi connectivity index (χ0v) is 15.9. The van der Waals surface area contributed by atoms with Gasteiger partial charge in [0.1, 0.15) is 11.3 Å². The van der Waals surface area contributed by atoms with E-state index >= 15 is 0 Å². The maximum absolute atomic E-state index is 12.7. The van der Waals surface area contributed by atoms with Crippen LogP contribution < -0.4 is 5.32 Å². The van der Waals surface area contributed by atoms with Gasteiger partial charge in [-0.2, -0.15) is 0 Å². The second-order valence-corrected chi connectivity index (χ2v) is 8.21. The first-order valence-corrected chi connectivity index (χ1v) is 9.33. The van der Waals surface area contributed by atoms with Crippen LogP contribution >= 0.6 is 11.3 Å². The van der Waals surface area contributed by atoms with Gasteiger partial charge in [-0.25, -0.2) is 9.78 Å². The van der Waals surface area contributed by atoms with Crippen LogP contribution in [0, 0.1) is 6.92 Å². The molecule has 3 rings (SSSR count). The van der Waals surface area contributed by atoms with Crippen LogP contribution in [0.5, 0.6) is 0 Å². The summed E-state index contributed by atoms with van der Waals surface area (Å²) in [4.78, 5) is 31.8. The fourth-order valence-electron chi connectivity index (χ4n) is 3.01. The van der Waals surface area contributed by atoms with E-state index in [1.165, 1.54) is 11.3 Å². The summed E-state index contributed by atoms with van der Waals surface area (Å²) in [5, 5.41) is 4.95. The Kier molecular flexibility index (Phi) is 4.73. The molecule has 25 heavy (non-hydrogen) atoms. The molecule has 0 bridgehead atoms. The van der Waals surface area contributed by atoms with Gasteiger partial charge in [-0.3, -0.25) is 9.20 Å². The fourth-order valence-corrected chi connectivity index (χ4v) is 3.77. The Bertz CT molecular complexity index is 790. The van der Waals surface area contributed by atoms with E-state index in [9.17, 15) is 9.59 Å². The maximum atomic E-state index is 12.7. The van der Waals surface area contributed by atoms with Crippen molar-refractivity contribution in [3.05, 3.63) is 23.0 Å². The van der Waals surface area contributed by atoms with Crippen molar-refractivity contribution < 1.29 is 14.3 Å². The van der Waals surface area contributed by atoms with Crippen molar-refractivity contribution >= 4 is 28.3 Å². The van der Waals surface area contributed by atoms with Gasteiger partial charge in [0, 0.05) is 30.7 Å². The average Bonchev–Trinajstić information content (AvgIpc) is 3.05. The number of ether oxygens (including phenoxy) is 1. The van der Waals surface area contributed by atoms with Gasteiger partial charge < -0.3 is 15.0 Å². The molecule has 1 fully saturated rings. The topological polar surface area (TPSA) is 75.9 Å². The van der Waals surface area contributed by atoms with E-state index in [2.05, 4.69) is 10.3 Å². The molecule has 2 aromatic heterocycles. The average molecular weight is 364 g/mol. The van der Waals surface area contributed by atoms with Gasteiger partial charge >= 0.3 is 6.09 Å². The van der Waals surface area contributed by atoms with Crippen LogP contribution in [-0.4, -0.2) is 51.0 Å². The van der Waals surface area contributed by atoms with Gasteiger partial charge in [-0.15, -0.1) is 11.3 Å². The predicted molar refractivity (Wildman–Crippen MR) is 96.1 cm³/mol. The van der Waals surface area contributed by atoms with E-state index in [1.54, 1.807) is 4.90 Å². The van der Waals surface area contributed by atoms with Crippen LogP contribution in [0.3, 0.4) is 0 Å². The number of hydrogen-bond acceptors (Lipinski definition) is 5. The van der Waals surface area contributed by atoms with E-state index in [-0.39, 0.29) is 18.0 Å². The first-order chi connectivity index (χ1) is 11.7. The molecule has 1 aliphatic heterocycles. The number of imidazole rings is 1. The highest BCUT2D eigenvalue weighted by molar-refractivity contribution is 7.15. The summed E-state index contributed by atoms with van der Waals surface area (Å²) < 4.78 is 7.24. The minimum Gasteiger partial charge on any atom is -0.444 e. The minimum atomic E-state index is -0.521. The molecule has 1 N–H and O–H groups in total. The van der Waals surface area contributed by atoms with Crippen molar-refractivity contribution in [2.24, 2.45) is 0 Å². The van der Waals surface area contributed by atoms with Crippen LogP contribution in [-0.2, 0) is 4.74 Å². The summed E-state index contributed by atoms with van der Waals surface area (Å²) >= 11 is 1.50. The smallest absolute Gasteiger partial charge is 0.410 e. The molecule has 7 nitrogen and oxygen atoms in total. The van der Waals surface area contributed by atoms with Crippen LogP contribution in [0.2, 0.25) is 0 Å². The Morgan fingerprint density at radius 3 is 2.88 bits per heavy atom. The molecule has 0 aromatic carbocycles. The third kappa shape index (κ3) is 3.95. The molecule has 136 valence electrons. The van der Waals surface area contributed by atoms with Crippen LogP contribution in [0.15, 0.2) is 11.6 Å². The third-order valence-corrected chi connectivity index (χ3v) is 4.82. The highest BCUT2D eigenvalue weighted by Gasteiger charge is 2.29. The minimum absolute atomic E-state index is 0.0858. The molecule has 2 aromatic rings. The molecule has 0 radical (unpaired) electrons. The number of thiazole rings is 1. The fraction of sp³-hybridized carbons (Fsp3) is 0.588. The summed E-state index contributed by atoms with van der Waals surface area (Å²) in [6.45, 7) is 8.50. The number of nitrogens with one attached hydrogen (secondary N) is 1. The van der Waals surface area contributed by atoms with E-state index in [4.69, 9.17) is 4.74 Å². The zero-order chi connectivity index (χ0) is 18.2. The molecule has 8 heteroatoms. The molecule has 1 saturated heterocycles. The van der Waals surface area contributed by atoms with Gasteiger partial charge in [-0.05, 0) is 40.5 Å². The number of amides is 2. The number of carbonyl (C=O) groups is 2. The highest BCUT2D eigenvalue weighted by Crippen LogP contribution is 2.19. The van der Waals surface area contributed by atoms with Gasteiger partial charge in [-0.1, -0.05) is 0 Å². The van der Waals surface area contributed by atoms with E-state index in [0.29, 0.717) is 24.5 Å². The number of nitrogens with zero attached hydrogens (tertiary/aromatic N) is 3. The maximum Gasteiger partial charge on any atom is 0.410 e. The Hall–Kier alpha value is -2.09. The second-order valence-electron chi connectivity index (χ2n) is 7.34. The molecule has 1 aliphatic rings. The Balaban J connectivity index is 1.66. The lowest BCUT2D eigenvalue weighted by molar-refractivity contribution is 0.0185. The number of likely N-dealkylation sites (tertiary alicyclic amines) is 1. The molecule has 2 amide bonds. The van der Waals surface area contributed by atoms with Gasteiger partial charge in [0.2, 0.25) is 0 Å². The summed E-state index contributed by atoms with van der Waals surface area (Å²) in [6, 6.07) is -0.0858. The van der Waals surface area contributed by atoms with Crippen molar-refractivity contribution in [3.8, 4) is 0 Å². The Morgan fingerprint density at radius 2 is 2.16 bits per heavy atom. The number of hydrogen-bond donors (Lipinski definition) is 1. The Labute approximate surface area is 151 Å². The Morgan fingerprint density at radius 1 is 1.40 bits per heavy atom. The summed E-state index contributed by atoms with van der Waals surface area (Å²) in [6.07, 6.45) is 3.20. The zero-order valence-electron chi connectivity index (χ0n) is 15.0. The number of aromatic nitrogens is 2. The van der Waals surface area contributed by atoms with Crippen molar-refractivity contribution in [2.75, 3.05) is 13.1 Å². The number of piperidine rings is 1. The standard InChI is InChI=1S/C17H24N4O3S/c1-11-13(21-8-9-25-15(21)18-11)14(22)19-12-6-5-7-20(10-12)16(23)24-17(2,3)4/h8-9,12H,5-7,10H2,1-4H3,(H,19,22)/t12-/m1/s1. The summed E-state index contributed by atoms with van der Waals surface area (Å²) in [5.74, 6) is -0.153. The number of aryl methyl sites for hydroxylation is 1. The van der Waals surface area contributed by atoms with Crippen LogP contribution in [0.25, 0.3) is 4.96 Å². The molecule has 3 heterocycles. The van der Waals surface area contributed by atoms with Gasteiger partial charge in [0.25, 0.3) is 5.91 Å². The predicted octanol–water partition coefficient (Wildman–Crippen LogP) is 2.83. The lowest BCUT2D eigenvalue weighted by Crippen LogP contribution is -2.50. The number of fused-ring (bicyclic) bond motifs is 1. The molecular formula is C17H24N4O3S. The molecule has 1 atom stereocenters. The van der Waals surface area contributed by atoms with E-state index in [1.807, 2.05) is 43.7 Å². The van der Waals surface area contributed by atoms with E-state index < -0.39 is 5.60 Å². The van der Waals surface area contributed by atoms with Crippen molar-refractivity contribution in [2.45, 2.75) is 52.2 Å². The summed E-state index contributed by atoms with van der Waals surface area (Å²) in [5.41, 5.74) is 0.752. The summed E-state index contributed by atoms with van der Waals surface area (Å²) in [7, 11) is 0. The molecule has 0 aliphatic carbocycles. The van der Waals surface area contributed by atoms with Gasteiger partial charge in [0.05, 0.1) is 5.69 Å². The van der Waals surface area contributed by atoms with Crippen LogP contribution in [0.1, 0.15) is 49.8 Å². The normalized spacial score (nSPS) is 18.4.